The molecule has 344 valence electrons. The Balaban J connectivity index is 0.898. The maximum atomic E-state index is 13.9. The lowest BCUT2D eigenvalue weighted by Crippen LogP contribution is -2.58. The number of H-pyrrole nitrogens is 1. The molecule has 2 saturated carbocycles. The number of aromatic nitrogens is 4. The first-order chi connectivity index (χ1) is 31.2. The second-order valence-corrected chi connectivity index (χ2v) is 20.6. The van der Waals surface area contributed by atoms with E-state index in [1.807, 2.05) is 6.07 Å². The maximum Gasteiger partial charge on any atom is 0.312 e. The fraction of sp³-hybridized carbons (Fsp3) is 0.489. The number of morpholine rings is 1. The Morgan fingerprint density at radius 1 is 1.05 bits per heavy atom. The number of nitrogens with zero attached hydrogens (tertiary/aromatic N) is 6. The van der Waals surface area contributed by atoms with E-state index in [1.165, 1.54) is 23.4 Å². The van der Waals surface area contributed by atoms with Gasteiger partial charge in [-0.1, -0.05) is 38.1 Å². The normalized spacial score (nSPS) is 22.8. The molecule has 1 atom stereocenters. The van der Waals surface area contributed by atoms with Crippen molar-refractivity contribution < 1.29 is 32.7 Å². The van der Waals surface area contributed by atoms with Crippen molar-refractivity contribution in [3.8, 4) is 11.6 Å². The van der Waals surface area contributed by atoms with Crippen LogP contribution in [0.2, 0.25) is 0 Å². The number of amides is 1. The van der Waals surface area contributed by atoms with E-state index >= 15 is 0 Å². The fourth-order valence-corrected chi connectivity index (χ4v) is 11.2. The zero-order valence-corrected chi connectivity index (χ0v) is 37.9. The van der Waals surface area contributed by atoms with Gasteiger partial charge < -0.3 is 29.8 Å². The van der Waals surface area contributed by atoms with Crippen LogP contribution in [0.1, 0.15) is 106 Å². The van der Waals surface area contributed by atoms with Gasteiger partial charge >= 0.3 is 5.69 Å². The van der Waals surface area contributed by atoms with Crippen LogP contribution in [0, 0.1) is 21.4 Å². The summed E-state index contributed by atoms with van der Waals surface area (Å²) in [6.45, 7) is 10.5. The lowest BCUT2D eigenvalue weighted by atomic mass is 9.59. The van der Waals surface area contributed by atoms with Crippen LogP contribution in [-0.4, -0.2) is 100 Å². The first-order valence-electron chi connectivity index (χ1n) is 22.6. The number of aromatic amines is 1. The second kappa shape index (κ2) is 17.9. The molecule has 18 heteroatoms. The number of sulfonamides is 1. The Morgan fingerprint density at radius 3 is 2.57 bits per heavy atom. The number of fused-ring (bicyclic) bond motifs is 1. The van der Waals surface area contributed by atoms with Crippen LogP contribution in [0.15, 0.2) is 78.1 Å². The fourth-order valence-electron chi connectivity index (χ4n) is 10.2. The highest BCUT2D eigenvalue weighted by atomic mass is 32.2. The summed E-state index contributed by atoms with van der Waals surface area (Å²) in [7, 11) is -4.66. The van der Waals surface area contributed by atoms with Gasteiger partial charge in [0, 0.05) is 49.9 Å². The highest BCUT2D eigenvalue weighted by Crippen LogP contribution is 2.53. The van der Waals surface area contributed by atoms with Crippen LogP contribution in [0.4, 0.5) is 17.3 Å². The molecule has 0 bridgehead atoms. The number of piperidine rings is 1. The number of hydrogen-bond acceptors (Lipinski definition) is 14. The molecule has 0 radical (unpaired) electrons. The van der Waals surface area contributed by atoms with Gasteiger partial charge in [0.25, 0.3) is 15.9 Å². The largest absolute Gasteiger partial charge is 0.436 e. The number of nitrogens with one attached hydrogen (secondary N) is 3. The van der Waals surface area contributed by atoms with Crippen molar-refractivity contribution in [3.05, 3.63) is 100.0 Å². The molecular weight excluding hydrogens is 851 g/mol. The number of rotatable bonds is 13. The lowest BCUT2D eigenvalue weighted by Gasteiger charge is -2.57. The monoisotopic (exact) mass is 907 g/mol. The summed E-state index contributed by atoms with van der Waals surface area (Å²) < 4.78 is 41.7. The smallest absolute Gasteiger partial charge is 0.312 e. The Bertz CT molecular complexity index is 2660. The van der Waals surface area contributed by atoms with E-state index in [9.17, 15) is 28.4 Å². The van der Waals surface area contributed by atoms with E-state index in [2.05, 4.69) is 72.9 Å². The summed E-state index contributed by atoms with van der Waals surface area (Å²) in [5.74, 6) is 0.210. The van der Waals surface area contributed by atoms with Crippen molar-refractivity contribution in [2.75, 3.05) is 49.6 Å². The van der Waals surface area contributed by atoms with Crippen LogP contribution in [0.25, 0.3) is 11.0 Å². The Labute approximate surface area is 378 Å². The van der Waals surface area contributed by atoms with Crippen molar-refractivity contribution in [1.82, 2.24) is 29.6 Å². The molecule has 6 heterocycles. The topological polar surface area (TPSA) is 218 Å². The summed E-state index contributed by atoms with van der Waals surface area (Å²) in [5.41, 5.74) is 2.17. The molecule has 65 heavy (non-hydrogen) atoms. The van der Waals surface area contributed by atoms with Crippen LogP contribution >= 0.6 is 0 Å². The van der Waals surface area contributed by atoms with Crippen LogP contribution < -0.4 is 19.7 Å². The molecule has 4 N–H and O–H groups in total. The molecule has 17 nitrogen and oxygen atoms in total. The number of carbonyl (C=O) groups is 1. The van der Waals surface area contributed by atoms with Gasteiger partial charge in [0.2, 0.25) is 11.7 Å². The molecule has 1 amide bonds. The molecule has 1 spiro atoms. The number of anilines is 2. The summed E-state index contributed by atoms with van der Waals surface area (Å²) in [5, 5.41) is 26.2. The minimum atomic E-state index is -4.66. The van der Waals surface area contributed by atoms with Crippen LogP contribution in [-0.2, 0) is 14.8 Å². The zero-order chi connectivity index (χ0) is 45.5. The molecule has 2 saturated heterocycles. The number of hydrogen-bond donors (Lipinski definition) is 4. The summed E-state index contributed by atoms with van der Waals surface area (Å²) >= 11 is 0. The van der Waals surface area contributed by atoms with Gasteiger partial charge in [0.1, 0.15) is 27.7 Å². The van der Waals surface area contributed by atoms with Gasteiger partial charge in [-0.3, -0.25) is 19.8 Å². The first-order valence-corrected chi connectivity index (χ1v) is 24.1. The number of aliphatic hydroxyl groups is 1. The van der Waals surface area contributed by atoms with Crippen molar-refractivity contribution in [1.29, 1.82) is 0 Å². The predicted molar refractivity (Wildman–Crippen MR) is 245 cm³/mol. The molecule has 5 aromatic rings. The third-order valence-electron chi connectivity index (χ3n) is 14.1. The molecular formula is C47H57N9O8S. The Hall–Kier alpha value is -5.69. The minimum Gasteiger partial charge on any atom is -0.436 e. The lowest BCUT2D eigenvalue weighted by molar-refractivity contribution is -0.384. The Kier molecular flexibility index (Phi) is 12.3. The number of ether oxygens (including phenoxy) is 2. The Morgan fingerprint density at radius 2 is 1.82 bits per heavy atom. The van der Waals surface area contributed by atoms with E-state index < -0.39 is 37.0 Å². The SMILES string of the molecule is CC(C)c1ccccc1[C@@H]1COCCN1C1CC2(CCN(c3ccc(C(=O)NS(=O)(=O)c4cnc(NCC5CCC(C)(O)CC5)c([N+](=O)[O-])c4)c(Oc4cnc5[nH]ccc5c4)n3)CC2)C1. The van der Waals surface area contributed by atoms with Crippen LogP contribution in [0.3, 0.4) is 0 Å². The van der Waals surface area contributed by atoms with Gasteiger partial charge in [0.05, 0.1) is 42.2 Å². The first kappa shape index (κ1) is 44.5. The standard InChI is InChI=1S/C47H57N9O8S/c1-30(2)36-6-4-5-7-37(36)40-29-63-21-20-55(40)33-24-47(25-33)15-18-54(19-16-47)41-9-8-38(45(52-41)64-34-22-32-12-17-48-42(32)50-27-34)44(57)53-65(61,62)35-23-39(56(59)60)43(51-28-35)49-26-31-10-13-46(3,58)14-11-31/h4-9,12,17,22-23,27-28,30-31,33,40,58H,10-11,13-16,18-21,24-26,29H2,1-3H3,(H,48,50)(H,49,51)(H,53,57)/t31?,40-,46?/m0/s1. The summed E-state index contributed by atoms with van der Waals surface area (Å²) in [4.78, 5) is 46.0. The molecule has 0 unspecified atom stereocenters. The van der Waals surface area contributed by atoms with E-state index in [4.69, 9.17) is 14.5 Å². The van der Waals surface area contributed by atoms with Crippen LogP contribution in [0.5, 0.6) is 11.6 Å². The molecule has 1 aromatic carbocycles. The molecule has 4 fully saturated rings. The van der Waals surface area contributed by atoms with Gasteiger partial charge in [-0.2, -0.15) is 4.98 Å². The van der Waals surface area contributed by atoms with Gasteiger partial charge in [-0.25, -0.2) is 23.1 Å². The minimum absolute atomic E-state index is 0.0872. The molecule has 2 aliphatic heterocycles. The third-order valence-corrected chi connectivity index (χ3v) is 15.4. The van der Waals surface area contributed by atoms with E-state index in [0.29, 0.717) is 49.4 Å². The number of benzene rings is 1. The zero-order valence-electron chi connectivity index (χ0n) is 37.0. The second-order valence-electron chi connectivity index (χ2n) is 18.9. The van der Waals surface area contributed by atoms with Gasteiger partial charge in [-0.05, 0) is 111 Å². The highest BCUT2D eigenvalue weighted by molar-refractivity contribution is 7.90. The molecule has 2 aliphatic carbocycles. The van der Waals surface area contributed by atoms with Crippen molar-refractivity contribution in [3.63, 3.8) is 0 Å². The van der Waals surface area contributed by atoms with E-state index in [-0.39, 0.29) is 40.4 Å². The summed E-state index contributed by atoms with van der Waals surface area (Å²) in [6, 6.07) is 17.1. The van der Waals surface area contributed by atoms with Gasteiger partial charge in [-0.15, -0.1) is 0 Å². The van der Waals surface area contributed by atoms with Crippen molar-refractivity contribution >= 4 is 44.3 Å². The highest BCUT2D eigenvalue weighted by Gasteiger charge is 2.50. The third kappa shape index (κ3) is 9.53. The van der Waals surface area contributed by atoms with E-state index in [0.717, 1.165) is 82.4 Å². The van der Waals surface area contributed by atoms with Crippen molar-refractivity contribution in [2.45, 2.75) is 101 Å². The average molecular weight is 908 g/mol. The average Bonchev–Trinajstić information content (AvgIpc) is 3.76. The predicted octanol–water partition coefficient (Wildman–Crippen LogP) is 7.47. The van der Waals surface area contributed by atoms with Crippen molar-refractivity contribution in [2.24, 2.45) is 11.3 Å². The summed E-state index contributed by atoms with van der Waals surface area (Å²) in [6.07, 6.45) is 11.1. The quantitative estimate of drug-likeness (QED) is 0.0666. The molecule has 4 aliphatic rings. The molecule has 4 aromatic heterocycles. The van der Waals surface area contributed by atoms with Gasteiger partial charge in [0.15, 0.2) is 0 Å². The number of pyridine rings is 3. The number of carbonyl (C=O) groups excluding carboxylic acids is 1. The number of nitro groups is 1. The van der Waals surface area contributed by atoms with E-state index in [1.54, 1.807) is 25.3 Å². The maximum absolute atomic E-state index is 13.9. The molecule has 9 rings (SSSR count).